The fourth-order valence-electron chi connectivity index (χ4n) is 1.57. The Hall–Kier alpha value is -0.250. The molecule has 0 heterocycles. The monoisotopic (exact) mass is 313 g/mol. The Morgan fingerprint density at radius 3 is 2.88 bits per heavy atom. The van der Waals surface area contributed by atoms with Crippen LogP contribution in [0.25, 0.3) is 0 Å². The zero-order valence-corrected chi connectivity index (χ0v) is 12.7. The summed E-state index contributed by atoms with van der Waals surface area (Å²) in [7, 11) is 2.04. The molecule has 1 N–H and O–H groups in total. The van der Waals surface area contributed by atoms with E-state index in [-0.39, 0.29) is 0 Å². The van der Waals surface area contributed by atoms with Gasteiger partial charge in [0.1, 0.15) is 0 Å². The highest BCUT2D eigenvalue weighted by atomic mass is 79.9. The van der Waals surface area contributed by atoms with Gasteiger partial charge in [0.05, 0.1) is 0 Å². The molecule has 17 heavy (non-hydrogen) atoms. The maximum absolute atomic E-state index is 3.76. The van der Waals surface area contributed by atoms with Gasteiger partial charge in [0.2, 0.25) is 0 Å². The smallest absolute Gasteiger partial charge is 0.0311 e. The second-order valence-corrected chi connectivity index (χ2v) is 5.86. The van der Waals surface area contributed by atoms with Crippen molar-refractivity contribution in [3.63, 3.8) is 0 Å². The highest BCUT2D eigenvalue weighted by Gasteiger charge is 2.07. The van der Waals surface area contributed by atoms with Crippen molar-refractivity contribution in [2.24, 2.45) is 0 Å². The van der Waals surface area contributed by atoms with Crippen LogP contribution in [0.2, 0.25) is 0 Å². The van der Waals surface area contributed by atoms with E-state index in [4.69, 9.17) is 0 Å². The van der Waals surface area contributed by atoms with Crippen LogP contribution < -0.4 is 5.32 Å². The van der Waals surface area contributed by atoms with Gasteiger partial charge >= 0.3 is 0 Å². The van der Waals surface area contributed by atoms with E-state index in [1.165, 1.54) is 22.2 Å². The van der Waals surface area contributed by atoms with Crippen LogP contribution in [0.4, 0.5) is 0 Å². The molecular formula is C14H20BrNS. The third-order valence-corrected chi connectivity index (χ3v) is 4.84. The molecular weight excluding hydrogens is 294 g/mol. The number of unbranched alkanes of at least 4 members (excludes halogenated alkanes) is 1. The van der Waals surface area contributed by atoms with Crippen molar-refractivity contribution in [2.75, 3.05) is 12.8 Å². The largest absolute Gasteiger partial charge is 0.316 e. The first kappa shape index (κ1) is 14.8. The van der Waals surface area contributed by atoms with Crippen LogP contribution in [0, 0.1) is 0 Å². The molecule has 0 aromatic heterocycles. The zero-order valence-electron chi connectivity index (χ0n) is 10.3. The molecule has 1 aromatic rings. The van der Waals surface area contributed by atoms with Crippen molar-refractivity contribution >= 4 is 27.7 Å². The van der Waals surface area contributed by atoms with Gasteiger partial charge in [-0.1, -0.05) is 18.2 Å². The summed E-state index contributed by atoms with van der Waals surface area (Å²) in [5, 5.41) is 3.38. The number of hydrogen-bond donors (Lipinski definition) is 1. The van der Waals surface area contributed by atoms with Crippen LogP contribution in [-0.4, -0.2) is 18.8 Å². The first-order valence-corrected chi connectivity index (χ1v) is 7.71. The first-order valence-electron chi connectivity index (χ1n) is 5.93. The molecule has 0 spiro atoms. The lowest BCUT2D eigenvalue weighted by Crippen LogP contribution is -2.27. The van der Waals surface area contributed by atoms with Crippen LogP contribution in [0.15, 0.2) is 46.3 Å². The quantitative estimate of drug-likeness (QED) is 0.431. The summed E-state index contributed by atoms with van der Waals surface area (Å²) in [4.78, 5) is 1.32. The van der Waals surface area contributed by atoms with Crippen molar-refractivity contribution in [3.05, 3.63) is 41.4 Å². The Kier molecular flexibility index (Phi) is 7.65. The Morgan fingerprint density at radius 2 is 2.24 bits per heavy atom. The Morgan fingerprint density at radius 1 is 1.47 bits per heavy atom. The fourth-order valence-corrected chi connectivity index (χ4v) is 3.29. The van der Waals surface area contributed by atoms with E-state index in [0.717, 1.165) is 12.2 Å². The van der Waals surface area contributed by atoms with Gasteiger partial charge in [-0.3, -0.25) is 0 Å². The third-order valence-electron chi connectivity index (χ3n) is 2.65. The maximum Gasteiger partial charge on any atom is 0.0311 e. The van der Waals surface area contributed by atoms with Crippen LogP contribution in [0.1, 0.15) is 19.3 Å². The SMILES string of the molecule is C=CCCCC(CSc1ccccc1Br)NC. The molecule has 0 aliphatic heterocycles. The maximum atomic E-state index is 3.76. The molecule has 1 nitrogen and oxygen atoms in total. The molecule has 1 atom stereocenters. The van der Waals surface area contributed by atoms with Gasteiger partial charge in [-0.2, -0.15) is 0 Å². The van der Waals surface area contributed by atoms with E-state index in [0.29, 0.717) is 6.04 Å². The summed E-state index contributed by atoms with van der Waals surface area (Å²) >= 11 is 5.48. The predicted molar refractivity (Wildman–Crippen MR) is 81.8 cm³/mol. The molecule has 0 aliphatic carbocycles. The molecule has 0 bridgehead atoms. The number of benzene rings is 1. The minimum absolute atomic E-state index is 0.576. The van der Waals surface area contributed by atoms with Gasteiger partial charge in [-0.25, -0.2) is 0 Å². The minimum atomic E-state index is 0.576. The van der Waals surface area contributed by atoms with Crippen LogP contribution in [0.5, 0.6) is 0 Å². The Bertz CT molecular complexity index is 341. The van der Waals surface area contributed by atoms with Gasteiger partial charge in [0, 0.05) is 21.2 Å². The second-order valence-electron chi connectivity index (χ2n) is 3.95. The summed E-state index contributed by atoms with van der Waals surface area (Å²) in [5.41, 5.74) is 0. The summed E-state index contributed by atoms with van der Waals surface area (Å²) in [6, 6.07) is 8.96. The zero-order chi connectivity index (χ0) is 12.5. The van der Waals surface area contributed by atoms with E-state index in [2.05, 4.69) is 46.0 Å². The lowest BCUT2D eigenvalue weighted by molar-refractivity contribution is 0.552. The topological polar surface area (TPSA) is 12.0 Å². The van der Waals surface area contributed by atoms with Gasteiger partial charge < -0.3 is 5.32 Å². The molecule has 1 aromatic carbocycles. The van der Waals surface area contributed by atoms with E-state index in [1.54, 1.807) is 0 Å². The minimum Gasteiger partial charge on any atom is -0.316 e. The second kappa shape index (κ2) is 8.78. The molecule has 0 aliphatic rings. The highest BCUT2D eigenvalue weighted by molar-refractivity contribution is 9.10. The molecule has 1 rings (SSSR count). The lowest BCUT2D eigenvalue weighted by Gasteiger charge is -2.15. The average molecular weight is 314 g/mol. The Balaban J connectivity index is 2.37. The van der Waals surface area contributed by atoms with Crippen molar-refractivity contribution in [3.8, 4) is 0 Å². The number of hydrogen-bond acceptors (Lipinski definition) is 2. The number of nitrogens with one attached hydrogen (secondary N) is 1. The van der Waals surface area contributed by atoms with Crippen LogP contribution in [-0.2, 0) is 0 Å². The average Bonchev–Trinajstić information content (AvgIpc) is 2.35. The summed E-state index contributed by atoms with van der Waals surface area (Å²) < 4.78 is 1.19. The fraction of sp³-hybridized carbons (Fsp3) is 0.429. The van der Waals surface area contributed by atoms with Crippen molar-refractivity contribution in [1.82, 2.24) is 5.32 Å². The Labute approximate surface area is 117 Å². The molecule has 3 heteroatoms. The van der Waals surface area contributed by atoms with Gasteiger partial charge in [-0.05, 0) is 54.4 Å². The standard InChI is InChI=1S/C14H20BrNS/c1-3-4-5-8-12(16-2)11-17-14-10-7-6-9-13(14)15/h3,6-7,9-10,12,16H,1,4-5,8,11H2,2H3. The van der Waals surface area contributed by atoms with Gasteiger partial charge in [0.15, 0.2) is 0 Å². The summed E-state index contributed by atoms with van der Waals surface area (Å²) in [5.74, 6) is 1.11. The molecule has 0 saturated carbocycles. The summed E-state index contributed by atoms with van der Waals surface area (Å²) in [6.45, 7) is 3.76. The van der Waals surface area contributed by atoms with Crippen LogP contribution >= 0.6 is 27.7 Å². The van der Waals surface area contributed by atoms with E-state index in [9.17, 15) is 0 Å². The van der Waals surface area contributed by atoms with Crippen LogP contribution in [0.3, 0.4) is 0 Å². The number of thioether (sulfide) groups is 1. The molecule has 1 unspecified atom stereocenters. The predicted octanol–water partition coefficient (Wildman–Crippen LogP) is 4.49. The van der Waals surface area contributed by atoms with Gasteiger partial charge in [-0.15, -0.1) is 18.3 Å². The molecule has 0 fully saturated rings. The number of allylic oxidation sites excluding steroid dienone is 1. The van der Waals surface area contributed by atoms with Gasteiger partial charge in [0.25, 0.3) is 0 Å². The third kappa shape index (κ3) is 5.75. The molecule has 0 amide bonds. The first-order chi connectivity index (χ1) is 8.27. The molecule has 0 saturated heterocycles. The molecule has 94 valence electrons. The number of rotatable bonds is 8. The van der Waals surface area contributed by atoms with Crippen molar-refractivity contribution in [2.45, 2.75) is 30.2 Å². The van der Waals surface area contributed by atoms with E-state index >= 15 is 0 Å². The van der Waals surface area contributed by atoms with Crippen molar-refractivity contribution in [1.29, 1.82) is 0 Å². The highest BCUT2D eigenvalue weighted by Crippen LogP contribution is 2.27. The normalized spacial score (nSPS) is 12.4. The number of halogens is 1. The molecule has 0 radical (unpaired) electrons. The van der Waals surface area contributed by atoms with E-state index in [1.807, 2.05) is 31.0 Å². The van der Waals surface area contributed by atoms with E-state index < -0.39 is 0 Å². The van der Waals surface area contributed by atoms with Crippen molar-refractivity contribution < 1.29 is 0 Å². The summed E-state index contributed by atoms with van der Waals surface area (Å²) in [6.07, 6.45) is 5.52. The lowest BCUT2D eigenvalue weighted by atomic mass is 10.1.